The molecule has 4 rings (SSSR count). The van der Waals surface area contributed by atoms with Crippen molar-refractivity contribution >= 4 is 31.6 Å². The highest BCUT2D eigenvalue weighted by Gasteiger charge is 2.38. The first-order valence-electron chi connectivity index (χ1n) is 10.7. The minimum absolute atomic E-state index is 0.109. The SMILES string of the molecule is CCS(=O)(=O)N1Cc2ccccc2CC1C(=O)Nc1cccc(S(=O)(=O)N2CCCC2)c1. The molecule has 2 aromatic rings. The molecule has 1 atom stereocenters. The Morgan fingerprint density at radius 3 is 2.38 bits per heavy atom. The van der Waals surface area contributed by atoms with Crippen LogP contribution >= 0.6 is 0 Å². The van der Waals surface area contributed by atoms with Crippen molar-refractivity contribution in [3.63, 3.8) is 0 Å². The van der Waals surface area contributed by atoms with Crippen LogP contribution in [0.2, 0.25) is 0 Å². The Bertz CT molecular complexity index is 1220. The highest BCUT2D eigenvalue weighted by atomic mass is 32.2. The van der Waals surface area contributed by atoms with Gasteiger partial charge in [-0.05, 0) is 55.5 Å². The van der Waals surface area contributed by atoms with Crippen LogP contribution in [0.1, 0.15) is 30.9 Å². The van der Waals surface area contributed by atoms with Crippen molar-refractivity contribution in [2.24, 2.45) is 0 Å². The molecule has 0 aromatic heterocycles. The standard InChI is InChI=1S/C22H27N3O5S2/c1-2-31(27,28)25-16-18-9-4-3-8-17(18)14-21(25)22(26)23-19-10-7-11-20(15-19)32(29,30)24-12-5-6-13-24/h3-4,7-11,15,21H,2,5-6,12-14,16H2,1H3,(H,23,26). The van der Waals surface area contributed by atoms with E-state index in [2.05, 4.69) is 5.32 Å². The number of benzene rings is 2. The summed E-state index contributed by atoms with van der Waals surface area (Å²) in [6, 6.07) is 12.7. The quantitative estimate of drug-likeness (QED) is 0.687. The molecule has 0 spiro atoms. The van der Waals surface area contributed by atoms with E-state index in [4.69, 9.17) is 0 Å². The molecule has 0 bridgehead atoms. The number of rotatable bonds is 6. The Hall–Kier alpha value is -2.27. The van der Waals surface area contributed by atoms with Gasteiger partial charge in [-0.3, -0.25) is 4.79 Å². The molecule has 32 heavy (non-hydrogen) atoms. The Balaban J connectivity index is 1.60. The Morgan fingerprint density at radius 1 is 1.00 bits per heavy atom. The minimum atomic E-state index is -3.62. The van der Waals surface area contributed by atoms with Crippen molar-refractivity contribution in [2.45, 2.75) is 43.7 Å². The Labute approximate surface area is 189 Å². The topological polar surface area (TPSA) is 104 Å². The van der Waals surface area contributed by atoms with Crippen molar-refractivity contribution in [2.75, 3.05) is 24.2 Å². The summed E-state index contributed by atoms with van der Waals surface area (Å²) < 4.78 is 53.9. The van der Waals surface area contributed by atoms with E-state index < -0.39 is 32.0 Å². The average Bonchev–Trinajstić information content (AvgIpc) is 3.34. The predicted octanol–water partition coefficient (Wildman–Crippen LogP) is 2.19. The minimum Gasteiger partial charge on any atom is -0.325 e. The fourth-order valence-corrected chi connectivity index (χ4v) is 7.01. The lowest BCUT2D eigenvalue weighted by molar-refractivity contribution is -0.120. The first-order valence-corrected chi connectivity index (χ1v) is 13.7. The van der Waals surface area contributed by atoms with Gasteiger partial charge in [0.15, 0.2) is 0 Å². The molecule has 1 saturated heterocycles. The maximum absolute atomic E-state index is 13.2. The number of hydrogen-bond donors (Lipinski definition) is 1. The van der Waals surface area contributed by atoms with Crippen molar-refractivity contribution in [1.29, 1.82) is 0 Å². The molecule has 0 radical (unpaired) electrons. The van der Waals surface area contributed by atoms with E-state index in [1.54, 1.807) is 19.1 Å². The van der Waals surface area contributed by atoms with Crippen LogP contribution in [0, 0.1) is 0 Å². The predicted molar refractivity (Wildman–Crippen MR) is 122 cm³/mol. The average molecular weight is 478 g/mol. The molecular formula is C22H27N3O5S2. The summed E-state index contributed by atoms with van der Waals surface area (Å²) in [6.45, 7) is 2.67. The maximum atomic E-state index is 13.2. The van der Waals surface area contributed by atoms with E-state index in [9.17, 15) is 21.6 Å². The molecule has 0 aliphatic carbocycles. The summed E-state index contributed by atoms with van der Waals surface area (Å²) in [5.74, 6) is -0.588. The summed E-state index contributed by atoms with van der Waals surface area (Å²) in [5.41, 5.74) is 2.14. The van der Waals surface area contributed by atoms with Crippen LogP contribution in [0.3, 0.4) is 0 Å². The zero-order chi connectivity index (χ0) is 22.9. The number of sulfonamides is 2. The molecule has 2 aliphatic heterocycles. The molecule has 0 saturated carbocycles. The lowest BCUT2D eigenvalue weighted by Crippen LogP contribution is -2.51. The molecule has 1 N–H and O–H groups in total. The molecule has 2 aromatic carbocycles. The molecule has 1 unspecified atom stereocenters. The summed E-state index contributed by atoms with van der Waals surface area (Å²) in [7, 11) is -7.25. The van der Waals surface area contributed by atoms with Crippen LogP contribution in [0.15, 0.2) is 53.4 Å². The number of nitrogens with one attached hydrogen (secondary N) is 1. The molecule has 2 aliphatic rings. The number of hydrogen-bond acceptors (Lipinski definition) is 5. The second-order valence-corrected chi connectivity index (χ2v) is 12.2. The molecule has 10 heteroatoms. The van der Waals surface area contributed by atoms with Crippen molar-refractivity contribution in [3.8, 4) is 0 Å². The Kier molecular flexibility index (Phi) is 6.39. The van der Waals surface area contributed by atoms with Gasteiger partial charge in [0.05, 0.1) is 10.6 Å². The third kappa shape index (κ3) is 4.45. The highest BCUT2D eigenvalue weighted by Crippen LogP contribution is 2.28. The van der Waals surface area contributed by atoms with Gasteiger partial charge >= 0.3 is 0 Å². The first-order chi connectivity index (χ1) is 15.2. The molecule has 1 amide bonds. The fraction of sp³-hybridized carbons (Fsp3) is 0.409. The summed E-state index contributed by atoms with van der Waals surface area (Å²) in [4.78, 5) is 13.3. The van der Waals surface area contributed by atoms with Crippen LogP contribution < -0.4 is 5.32 Å². The third-order valence-corrected chi connectivity index (χ3v) is 9.76. The summed E-state index contributed by atoms with van der Waals surface area (Å²) in [6.07, 6.45) is 1.92. The number of fused-ring (bicyclic) bond motifs is 1. The van der Waals surface area contributed by atoms with E-state index in [1.165, 1.54) is 20.7 Å². The van der Waals surface area contributed by atoms with Crippen molar-refractivity contribution in [1.82, 2.24) is 8.61 Å². The van der Waals surface area contributed by atoms with E-state index >= 15 is 0 Å². The second kappa shape index (κ2) is 8.93. The molecular weight excluding hydrogens is 450 g/mol. The van der Waals surface area contributed by atoms with Gasteiger partial charge in [-0.2, -0.15) is 8.61 Å². The zero-order valence-electron chi connectivity index (χ0n) is 17.9. The van der Waals surface area contributed by atoms with E-state index in [1.807, 2.05) is 24.3 Å². The Morgan fingerprint density at radius 2 is 1.69 bits per heavy atom. The van der Waals surface area contributed by atoms with E-state index in [0.29, 0.717) is 18.8 Å². The maximum Gasteiger partial charge on any atom is 0.243 e. The molecule has 8 nitrogen and oxygen atoms in total. The van der Waals surface area contributed by atoms with E-state index in [-0.39, 0.29) is 23.6 Å². The molecule has 1 fully saturated rings. The van der Waals surface area contributed by atoms with Crippen molar-refractivity contribution < 1.29 is 21.6 Å². The van der Waals surface area contributed by atoms with Gasteiger partial charge in [0.2, 0.25) is 26.0 Å². The van der Waals surface area contributed by atoms with Gasteiger partial charge < -0.3 is 5.32 Å². The van der Waals surface area contributed by atoms with E-state index in [0.717, 1.165) is 24.0 Å². The number of carbonyl (C=O) groups excluding carboxylic acids is 1. The molecule has 172 valence electrons. The number of nitrogens with zero attached hydrogens (tertiary/aromatic N) is 2. The number of anilines is 1. The van der Waals surface area contributed by atoms with Crippen LogP contribution in [0.25, 0.3) is 0 Å². The van der Waals surface area contributed by atoms with Gasteiger partial charge in [-0.25, -0.2) is 16.8 Å². The van der Waals surface area contributed by atoms with Crippen LogP contribution in [0.4, 0.5) is 5.69 Å². The normalized spacial score (nSPS) is 20.1. The van der Waals surface area contributed by atoms with Gasteiger partial charge in [0.1, 0.15) is 6.04 Å². The smallest absolute Gasteiger partial charge is 0.243 e. The second-order valence-electron chi connectivity index (χ2n) is 8.06. The van der Waals surface area contributed by atoms with Gasteiger partial charge in [0, 0.05) is 25.3 Å². The number of amides is 1. The van der Waals surface area contributed by atoms with Gasteiger partial charge in [-0.1, -0.05) is 30.3 Å². The van der Waals surface area contributed by atoms with Gasteiger partial charge in [-0.15, -0.1) is 0 Å². The summed E-state index contributed by atoms with van der Waals surface area (Å²) >= 11 is 0. The monoisotopic (exact) mass is 477 g/mol. The molecule has 2 heterocycles. The third-order valence-electron chi connectivity index (χ3n) is 6.03. The zero-order valence-corrected chi connectivity index (χ0v) is 19.5. The fourth-order valence-electron chi connectivity index (χ4n) is 4.22. The number of carbonyl (C=O) groups is 1. The summed E-state index contributed by atoms with van der Waals surface area (Å²) in [5, 5.41) is 2.74. The van der Waals surface area contributed by atoms with Crippen LogP contribution in [0.5, 0.6) is 0 Å². The van der Waals surface area contributed by atoms with Crippen LogP contribution in [-0.4, -0.2) is 56.2 Å². The largest absolute Gasteiger partial charge is 0.325 e. The highest BCUT2D eigenvalue weighted by molar-refractivity contribution is 7.89. The lowest BCUT2D eigenvalue weighted by Gasteiger charge is -2.34. The van der Waals surface area contributed by atoms with Crippen LogP contribution in [-0.2, 0) is 37.8 Å². The first kappa shape index (κ1) is 22.9. The van der Waals surface area contributed by atoms with Crippen molar-refractivity contribution in [3.05, 3.63) is 59.7 Å². The lowest BCUT2D eigenvalue weighted by atomic mass is 9.95. The van der Waals surface area contributed by atoms with Gasteiger partial charge in [0.25, 0.3) is 0 Å².